The van der Waals surface area contributed by atoms with Crippen LogP contribution in [0.5, 0.6) is 0 Å². The van der Waals surface area contributed by atoms with Crippen molar-refractivity contribution in [1.29, 1.82) is 0 Å². The second-order valence-electron chi connectivity index (χ2n) is 3.50. The van der Waals surface area contributed by atoms with Crippen LogP contribution in [0.4, 0.5) is 27.6 Å². The molecule has 0 amide bonds. The molecule has 0 atom stereocenters. The van der Waals surface area contributed by atoms with Crippen LogP contribution in [0.2, 0.25) is 0 Å². The molecule has 0 fully saturated rings. The minimum Gasteiger partial charge on any atom is -0.452 e. The van der Waals surface area contributed by atoms with E-state index in [4.69, 9.17) is 4.42 Å². The van der Waals surface area contributed by atoms with Crippen LogP contribution in [0.25, 0.3) is 0 Å². The first-order chi connectivity index (χ1) is 8.91. The minimum absolute atomic E-state index is 0.232. The van der Waals surface area contributed by atoms with Crippen molar-refractivity contribution in [1.82, 2.24) is 0 Å². The van der Waals surface area contributed by atoms with Crippen LogP contribution in [0.1, 0.15) is 5.76 Å². The number of hydrogen-bond donors (Lipinski definition) is 1. The van der Waals surface area contributed by atoms with E-state index < -0.39 is 34.8 Å². The van der Waals surface area contributed by atoms with Crippen LogP contribution in [0.3, 0.4) is 0 Å². The van der Waals surface area contributed by atoms with Gasteiger partial charge in [-0.2, -0.15) is 0 Å². The zero-order chi connectivity index (χ0) is 14.2. The summed E-state index contributed by atoms with van der Waals surface area (Å²) in [5, 5.41) is 2.11. The molecule has 1 aromatic carbocycles. The highest BCUT2D eigenvalue weighted by molar-refractivity contribution is 9.10. The highest BCUT2D eigenvalue weighted by atomic mass is 79.9. The lowest BCUT2D eigenvalue weighted by atomic mass is 10.2. The Bertz CT molecular complexity index is 599. The standard InChI is InChI=1S/C11H5BrF5NO/c12-5-2-1-4(19-5)3-18-11-9(16)7(14)6(13)8(15)10(11)17/h1-2,18H,3H2. The highest BCUT2D eigenvalue weighted by Gasteiger charge is 2.25. The second kappa shape index (κ2) is 5.20. The highest BCUT2D eigenvalue weighted by Crippen LogP contribution is 2.27. The molecule has 2 aromatic rings. The van der Waals surface area contributed by atoms with Gasteiger partial charge in [-0.3, -0.25) is 0 Å². The lowest BCUT2D eigenvalue weighted by Gasteiger charge is -2.09. The van der Waals surface area contributed by atoms with Crippen LogP contribution in [-0.4, -0.2) is 0 Å². The molecule has 2 nitrogen and oxygen atoms in total. The fraction of sp³-hybridized carbons (Fsp3) is 0.0909. The van der Waals surface area contributed by atoms with Gasteiger partial charge >= 0.3 is 0 Å². The Morgan fingerprint density at radius 1 is 0.895 bits per heavy atom. The summed E-state index contributed by atoms with van der Waals surface area (Å²) in [6.45, 7) is -0.232. The normalized spacial score (nSPS) is 10.8. The van der Waals surface area contributed by atoms with Crippen molar-refractivity contribution in [2.45, 2.75) is 6.54 Å². The van der Waals surface area contributed by atoms with Gasteiger partial charge in [-0.1, -0.05) is 0 Å². The topological polar surface area (TPSA) is 25.2 Å². The Labute approximate surface area is 112 Å². The van der Waals surface area contributed by atoms with Gasteiger partial charge in [0, 0.05) is 0 Å². The van der Waals surface area contributed by atoms with Crippen molar-refractivity contribution in [2.24, 2.45) is 0 Å². The van der Waals surface area contributed by atoms with Crippen molar-refractivity contribution in [2.75, 3.05) is 5.32 Å². The van der Waals surface area contributed by atoms with Crippen molar-refractivity contribution in [3.8, 4) is 0 Å². The van der Waals surface area contributed by atoms with Crippen molar-refractivity contribution in [3.63, 3.8) is 0 Å². The van der Waals surface area contributed by atoms with Gasteiger partial charge in [-0.15, -0.1) is 0 Å². The zero-order valence-corrected chi connectivity index (χ0v) is 10.6. The number of benzene rings is 1. The fourth-order valence-corrected chi connectivity index (χ4v) is 1.72. The summed E-state index contributed by atoms with van der Waals surface area (Å²) < 4.78 is 70.6. The number of hydrogen-bond acceptors (Lipinski definition) is 2. The van der Waals surface area contributed by atoms with E-state index in [2.05, 4.69) is 21.2 Å². The van der Waals surface area contributed by atoms with E-state index in [0.29, 0.717) is 4.67 Å². The van der Waals surface area contributed by atoms with Crippen molar-refractivity contribution >= 4 is 21.6 Å². The summed E-state index contributed by atoms with van der Waals surface area (Å²) in [6, 6.07) is 3.00. The quantitative estimate of drug-likeness (QED) is 0.510. The Morgan fingerprint density at radius 2 is 1.42 bits per heavy atom. The van der Waals surface area contributed by atoms with Gasteiger partial charge < -0.3 is 9.73 Å². The van der Waals surface area contributed by atoms with Gasteiger partial charge in [0.25, 0.3) is 0 Å². The van der Waals surface area contributed by atoms with Gasteiger partial charge in [0.15, 0.2) is 27.9 Å². The van der Waals surface area contributed by atoms with Crippen LogP contribution in [0.15, 0.2) is 21.2 Å². The maximum atomic E-state index is 13.3. The second-order valence-corrected chi connectivity index (χ2v) is 4.29. The SMILES string of the molecule is Fc1c(F)c(F)c(NCc2ccc(Br)o2)c(F)c1F. The molecule has 0 bridgehead atoms. The van der Waals surface area contributed by atoms with Crippen LogP contribution >= 0.6 is 15.9 Å². The molecule has 0 unspecified atom stereocenters. The average molecular weight is 342 g/mol. The first-order valence-electron chi connectivity index (χ1n) is 4.91. The first kappa shape index (κ1) is 13.9. The van der Waals surface area contributed by atoms with Gasteiger partial charge in [-0.25, -0.2) is 22.0 Å². The predicted molar refractivity (Wildman–Crippen MR) is 60.0 cm³/mol. The van der Waals surface area contributed by atoms with Crippen LogP contribution < -0.4 is 5.32 Å². The summed E-state index contributed by atoms with van der Waals surface area (Å²) in [4.78, 5) is 0. The summed E-state index contributed by atoms with van der Waals surface area (Å²) in [5.74, 6) is -9.76. The van der Waals surface area contributed by atoms with E-state index in [9.17, 15) is 22.0 Å². The molecule has 2 rings (SSSR count). The molecule has 0 aliphatic heterocycles. The molecule has 1 heterocycles. The lowest BCUT2D eigenvalue weighted by molar-refractivity contribution is 0.381. The molecule has 0 aliphatic rings. The smallest absolute Gasteiger partial charge is 0.200 e. The number of furan rings is 1. The summed E-state index contributed by atoms with van der Waals surface area (Å²) in [7, 11) is 0. The number of rotatable bonds is 3. The van der Waals surface area contributed by atoms with E-state index in [1.54, 1.807) is 0 Å². The summed E-state index contributed by atoms with van der Waals surface area (Å²) >= 11 is 3.01. The number of nitrogens with one attached hydrogen (secondary N) is 1. The van der Waals surface area contributed by atoms with Crippen molar-refractivity contribution in [3.05, 3.63) is 51.6 Å². The molecular weight excluding hydrogens is 337 g/mol. The molecule has 1 N–H and O–H groups in total. The molecule has 19 heavy (non-hydrogen) atoms. The molecular formula is C11H5BrF5NO. The lowest BCUT2D eigenvalue weighted by Crippen LogP contribution is -2.09. The zero-order valence-electron chi connectivity index (χ0n) is 9.04. The third-order valence-corrected chi connectivity index (χ3v) is 2.70. The molecule has 102 valence electrons. The van der Waals surface area contributed by atoms with E-state index in [1.165, 1.54) is 12.1 Å². The third kappa shape index (κ3) is 2.58. The molecule has 0 spiro atoms. The van der Waals surface area contributed by atoms with Gasteiger partial charge in [0.05, 0.1) is 6.54 Å². The van der Waals surface area contributed by atoms with Gasteiger partial charge in [0.1, 0.15) is 11.4 Å². The van der Waals surface area contributed by atoms with Crippen LogP contribution in [0, 0.1) is 29.1 Å². The van der Waals surface area contributed by atoms with E-state index in [-0.39, 0.29) is 12.3 Å². The minimum atomic E-state index is -2.19. The number of anilines is 1. The maximum absolute atomic E-state index is 13.3. The Morgan fingerprint density at radius 3 is 1.89 bits per heavy atom. The Hall–Kier alpha value is -1.57. The molecule has 0 saturated heterocycles. The van der Waals surface area contributed by atoms with E-state index >= 15 is 0 Å². The Balaban J connectivity index is 2.30. The summed E-state index contributed by atoms with van der Waals surface area (Å²) in [6.07, 6.45) is 0. The molecule has 0 aliphatic carbocycles. The first-order valence-corrected chi connectivity index (χ1v) is 5.70. The van der Waals surface area contributed by atoms with E-state index in [1.807, 2.05) is 0 Å². The monoisotopic (exact) mass is 341 g/mol. The summed E-state index contributed by atoms with van der Waals surface area (Å²) in [5.41, 5.74) is -1.09. The molecule has 1 aromatic heterocycles. The van der Waals surface area contributed by atoms with Gasteiger partial charge in [-0.05, 0) is 28.1 Å². The predicted octanol–water partition coefficient (Wildman–Crippen LogP) is 4.35. The molecule has 8 heteroatoms. The fourth-order valence-electron chi connectivity index (χ4n) is 1.38. The molecule has 0 saturated carbocycles. The van der Waals surface area contributed by atoms with Gasteiger partial charge in [0.2, 0.25) is 5.82 Å². The molecule has 0 radical (unpaired) electrons. The largest absolute Gasteiger partial charge is 0.452 e. The third-order valence-electron chi connectivity index (χ3n) is 2.28. The van der Waals surface area contributed by atoms with E-state index in [0.717, 1.165) is 0 Å². The van der Waals surface area contributed by atoms with Crippen molar-refractivity contribution < 1.29 is 26.4 Å². The number of halogens is 6. The average Bonchev–Trinajstić information content (AvgIpc) is 2.80. The maximum Gasteiger partial charge on any atom is 0.200 e. The Kier molecular flexibility index (Phi) is 3.79. The van der Waals surface area contributed by atoms with Crippen LogP contribution in [-0.2, 0) is 6.54 Å².